The van der Waals surface area contributed by atoms with Gasteiger partial charge < -0.3 is 15.3 Å². The number of hydrogen-bond donors (Lipinski definition) is 2. The molecule has 0 amide bonds. The molecule has 4 heteroatoms. The number of para-hydroxylation sites is 1. The minimum Gasteiger partial charge on any atom is -0.481 e. The van der Waals surface area contributed by atoms with Gasteiger partial charge >= 0.3 is 5.97 Å². The van der Waals surface area contributed by atoms with Crippen molar-refractivity contribution in [3.8, 4) is 0 Å². The van der Waals surface area contributed by atoms with Crippen LogP contribution in [0.4, 0.5) is 0 Å². The SMILES string of the molecule is CCC(N)C(CC(=O)O)c1c(C)oc2ccccc12. The van der Waals surface area contributed by atoms with E-state index in [4.69, 9.17) is 15.3 Å². The summed E-state index contributed by atoms with van der Waals surface area (Å²) in [7, 11) is 0. The van der Waals surface area contributed by atoms with Gasteiger partial charge in [0.2, 0.25) is 0 Å². The number of furan rings is 1. The molecule has 2 atom stereocenters. The maximum absolute atomic E-state index is 11.1. The van der Waals surface area contributed by atoms with Gasteiger partial charge in [-0.3, -0.25) is 4.79 Å². The van der Waals surface area contributed by atoms with Crippen molar-refractivity contribution >= 4 is 16.9 Å². The molecule has 0 saturated carbocycles. The highest BCUT2D eigenvalue weighted by Gasteiger charge is 2.27. The van der Waals surface area contributed by atoms with Gasteiger partial charge in [0.15, 0.2) is 0 Å². The Morgan fingerprint density at radius 1 is 1.42 bits per heavy atom. The molecule has 3 N–H and O–H groups in total. The molecule has 0 fully saturated rings. The van der Waals surface area contributed by atoms with Gasteiger partial charge in [0, 0.05) is 22.9 Å². The van der Waals surface area contributed by atoms with Gasteiger partial charge in [-0.25, -0.2) is 0 Å². The van der Waals surface area contributed by atoms with Crippen LogP contribution in [0.25, 0.3) is 11.0 Å². The van der Waals surface area contributed by atoms with Crippen molar-refractivity contribution in [3.63, 3.8) is 0 Å². The summed E-state index contributed by atoms with van der Waals surface area (Å²) in [5.74, 6) is -0.291. The number of aliphatic carboxylic acids is 1. The number of carboxylic acid groups (broad SMARTS) is 1. The van der Waals surface area contributed by atoms with Crippen LogP contribution in [0.15, 0.2) is 28.7 Å². The van der Waals surface area contributed by atoms with Gasteiger partial charge in [-0.1, -0.05) is 25.1 Å². The van der Waals surface area contributed by atoms with Crippen LogP contribution in [0.3, 0.4) is 0 Å². The number of rotatable bonds is 5. The van der Waals surface area contributed by atoms with E-state index in [0.717, 1.165) is 28.7 Å². The fraction of sp³-hybridized carbons (Fsp3) is 0.400. The standard InChI is InChI=1S/C15H19NO3/c1-3-12(16)11(8-14(17)18)15-9(2)19-13-7-5-4-6-10(13)15/h4-7,11-12H,3,8,16H2,1-2H3,(H,17,18). The van der Waals surface area contributed by atoms with Crippen molar-refractivity contribution < 1.29 is 14.3 Å². The van der Waals surface area contributed by atoms with E-state index in [9.17, 15) is 4.79 Å². The van der Waals surface area contributed by atoms with Crippen LogP contribution in [0, 0.1) is 6.92 Å². The molecule has 102 valence electrons. The van der Waals surface area contributed by atoms with Crippen LogP contribution in [-0.4, -0.2) is 17.1 Å². The minimum absolute atomic E-state index is 0.0272. The summed E-state index contributed by atoms with van der Waals surface area (Å²) in [4.78, 5) is 11.1. The average molecular weight is 261 g/mol. The number of carboxylic acids is 1. The molecule has 1 heterocycles. The summed E-state index contributed by atoms with van der Waals surface area (Å²) in [6, 6.07) is 7.49. The van der Waals surface area contributed by atoms with Crippen molar-refractivity contribution in [2.75, 3.05) is 0 Å². The number of hydrogen-bond acceptors (Lipinski definition) is 3. The molecule has 2 unspecified atom stereocenters. The molecule has 2 rings (SSSR count). The lowest BCUT2D eigenvalue weighted by Gasteiger charge is -2.21. The predicted molar refractivity (Wildman–Crippen MR) is 74.2 cm³/mol. The Morgan fingerprint density at radius 3 is 2.74 bits per heavy atom. The highest BCUT2D eigenvalue weighted by molar-refractivity contribution is 5.83. The van der Waals surface area contributed by atoms with Crippen molar-refractivity contribution in [1.82, 2.24) is 0 Å². The molecular formula is C15H19NO3. The molecule has 0 radical (unpaired) electrons. The van der Waals surface area contributed by atoms with E-state index in [1.165, 1.54) is 0 Å². The Labute approximate surface area is 112 Å². The van der Waals surface area contributed by atoms with Gasteiger partial charge in [-0.05, 0) is 19.4 Å². The van der Waals surface area contributed by atoms with Gasteiger partial charge in [-0.2, -0.15) is 0 Å². The summed E-state index contributed by atoms with van der Waals surface area (Å²) < 4.78 is 5.71. The van der Waals surface area contributed by atoms with E-state index in [1.54, 1.807) is 0 Å². The molecule has 1 aromatic heterocycles. The Bertz CT molecular complexity index is 588. The molecule has 0 aliphatic rings. The predicted octanol–water partition coefficient (Wildman–Crippen LogP) is 3.04. The van der Waals surface area contributed by atoms with Crippen molar-refractivity contribution in [2.45, 2.75) is 38.6 Å². The number of fused-ring (bicyclic) bond motifs is 1. The first-order valence-electron chi connectivity index (χ1n) is 6.50. The van der Waals surface area contributed by atoms with Crippen LogP contribution in [0.1, 0.15) is 37.0 Å². The van der Waals surface area contributed by atoms with Crippen LogP contribution < -0.4 is 5.73 Å². The molecule has 19 heavy (non-hydrogen) atoms. The van der Waals surface area contributed by atoms with Gasteiger partial charge in [-0.15, -0.1) is 0 Å². The molecule has 2 aromatic rings. The van der Waals surface area contributed by atoms with Crippen LogP contribution in [0.5, 0.6) is 0 Å². The van der Waals surface area contributed by atoms with Gasteiger partial charge in [0.05, 0.1) is 6.42 Å². The van der Waals surface area contributed by atoms with Crippen molar-refractivity contribution in [1.29, 1.82) is 0 Å². The number of benzene rings is 1. The van der Waals surface area contributed by atoms with Crippen LogP contribution in [0.2, 0.25) is 0 Å². The molecular weight excluding hydrogens is 242 g/mol. The first-order valence-corrected chi connectivity index (χ1v) is 6.50. The molecule has 0 aliphatic carbocycles. The Morgan fingerprint density at radius 2 is 2.11 bits per heavy atom. The van der Waals surface area contributed by atoms with E-state index < -0.39 is 5.97 Å². The second kappa shape index (κ2) is 5.45. The van der Waals surface area contributed by atoms with E-state index >= 15 is 0 Å². The second-order valence-corrected chi connectivity index (χ2v) is 4.84. The fourth-order valence-electron chi connectivity index (χ4n) is 2.59. The Kier molecular flexibility index (Phi) is 3.90. The lowest BCUT2D eigenvalue weighted by atomic mass is 9.86. The summed E-state index contributed by atoms with van der Waals surface area (Å²) in [5, 5.41) is 10.1. The Hall–Kier alpha value is -1.81. The molecule has 0 saturated heterocycles. The van der Waals surface area contributed by atoms with E-state index in [2.05, 4.69) is 0 Å². The monoisotopic (exact) mass is 261 g/mol. The van der Waals surface area contributed by atoms with Crippen LogP contribution in [-0.2, 0) is 4.79 Å². The summed E-state index contributed by atoms with van der Waals surface area (Å²) in [6.45, 7) is 3.84. The number of carbonyl (C=O) groups is 1. The molecule has 0 spiro atoms. The van der Waals surface area contributed by atoms with Gasteiger partial charge in [0.25, 0.3) is 0 Å². The molecule has 0 aliphatic heterocycles. The maximum atomic E-state index is 11.1. The largest absolute Gasteiger partial charge is 0.481 e. The average Bonchev–Trinajstić information content (AvgIpc) is 2.70. The highest BCUT2D eigenvalue weighted by Crippen LogP contribution is 2.35. The van der Waals surface area contributed by atoms with E-state index in [1.807, 2.05) is 38.1 Å². The second-order valence-electron chi connectivity index (χ2n) is 4.84. The molecule has 1 aromatic carbocycles. The van der Waals surface area contributed by atoms with Gasteiger partial charge in [0.1, 0.15) is 11.3 Å². The zero-order chi connectivity index (χ0) is 14.0. The molecule has 4 nitrogen and oxygen atoms in total. The highest BCUT2D eigenvalue weighted by atomic mass is 16.4. The maximum Gasteiger partial charge on any atom is 0.304 e. The number of nitrogens with two attached hydrogens (primary N) is 1. The Balaban J connectivity index is 2.54. The van der Waals surface area contributed by atoms with E-state index in [-0.39, 0.29) is 18.4 Å². The topological polar surface area (TPSA) is 76.5 Å². The van der Waals surface area contributed by atoms with Crippen molar-refractivity contribution in [2.24, 2.45) is 5.73 Å². The lowest BCUT2D eigenvalue weighted by molar-refractivity contribution is -0.137. The molecule has 0 bridgehead atoms. The number of aryl methyl sites for hydroxylation is 1. The van der Waals surface area contributed by atoms with Crippen molar-refractivity contribution in [3.05, 3.63) is 35.6 Å². The quantitative estimate of drug-likeness (QED) is 0.867. The first-order chi connectivity index (χ1) is 9.04. The summed E-state index contributed by atoms with van der Waals surface area (Å²) in [5.41, 5.74) is 7.83. The third-order valence-electron chi connectivity index (χ3n) is 3.57. The third-order valence-corrected chi connectivity index (χ3v) is 3.57. The fourth-order valence-corrected chi connectivity index (χ4v) is 2.59. The smallest absolute Gasteiger partial charge is 0.304 e. The van der Waals surface area contributed by atoms with Crippen LogP contribution >= 0.6 is 0 Å². The minimum atomic E-state index is -0.835. The summed E-state index contributed by atoms with van der Waals surface area (Å²) in [6.07, 6.45) is 0.760. The van der Waals surface area contributed by atoms with E-state index in [0.29, 0.717) is 0 Å². The zero-order valence-corrected chi connectivity index (χ0v) is 11.2. The lowest BCUT2D eigenvalue weighted by Crippen LogP contribution is -2.29. The zero-order valence-electron chi connectivity index (χ0n) is 11.2. The summed E-state index contributed by atoms with van der Waals surface area (Å²) >= 11 is 0. The normalized spacial score (nSPS) is 14.5. The first kappa shape index (κ1) is 13.6. The third kappa shape index (κ3) is 2.63.